The Morgan fingerprint density at radius 2 is 2.20 bits per heavy atom. The number of nitrogens with zero attached hydrogens (tertiary/aromatic N) is 1. The fourth-order valence-electron chi connectivity index (χ4n) is 1.82. The second-order valence-corrected chi connectivity index (χ2v) is 5.12. The predicted octanol–water partition coefficient (Wildman–Crippen LogP) is 2.88. The van der Waals surface area contributed by atoms with E-state index in [0.29, 0.717) is 19.0 Å². The maximum Gasteiger partial charge on any atom is 0.162 e. The Labute approximate surface area is 126 Å². The fourth-order valence-corrected chi connectivity index (χ4v) is 2.35. The van der Waals surface area contributed by atoms with Crippen molar-refractivity contribution in [2.75, 3.05) is 14.2 Å². The van der Waals surface area contributed by atoms with E-state index in [1.807, 2.05) is 31.3 Å². The number of rotatable bonds is 7. The lowest BCUT2D eigenvalue weighted by atomic mass is 10.2. The maximum atomic E-state index is 5.85. The first kappa shape index (κ1) is 15.0. The Hall–Kier alpha value is -1.37. The van der Waals surface area contributed by atoms with Gasteiger partial charge in [0, 0.05) is 25.3 Å². The van der Waals surface area contributed by atoms with Gasteiger partial charge >= 0.3 is 0 Å². The SMILES string of the molecule is CNCc1cccc(Br)c1OCc1cc(COC)on1. The van der Waals surface area contributed by atoms with Crippen LogP contribution in [0.1, 0.15) is 17.0 Å². The summed E-state index contributed by atoms with van der Waals surface area (Å²) in [6.45, 7) is 1.50. The van der Waals surface area contributed by atoms with E-state index in [9.17, 15) is 0 Å². The maximum absolute atomic E-state index is 5.85. The van der Waals surface area contributed by atoms with Crippen molar-refractivity contribution in [2.45, 2.75) is 19.8 Å². The number of halogens is 1. The molecule has 0 fully saturated rings. The van der Waals surface area contributed by atoms with Crippen molar-refractivity contribution in [3.8, 4) is 5.75 Å². The van der Waals surface area contributed by atoms with Gasteiger partial charge in [-0.15, -0.1) is 0 Å². The van der Waals surface area contributed by atoms with Crippen LogP contribution in [0.15, 0.2) is 33.3 Å². The molecule has 0 unspecified atom stereocenters. The lowest BCUT2D eigenvalue weighted by Gasteiger charge is -2.12. The molecule has 1 aromatic carbocycles. The van der Waals surface area contributed by atoms with Crippen LogP contribution < -0.4 is 10.1 Å². The lowest BCUT2D eigenvalue weighted by molar-refractivity contribution is 0.155. The van der Waals surface area contributed by atoms with E-state index in [4.69, 9.17) is 14.0 Å². The van der Waals surface area contributed by atoms with Crippen molar-refractivity contribution in [1.29, 1.82) is 0 Å². The third-order valence-electron chi connectivity index (χ3n) is 2.67. The highest BCUT2D eigenvalue weighted by Crippen LogP contribution is 2.29. The molecule has 1 N–H and O–H groups in total. The number of nitrogens with one attached hydrogen (secondary N) is 1. The normalized spacial score (nSPS) is 10.8. The zero-order valence-corrected chi connectivity index (χ0v) is 13.1. The minimum atomic E-state index is 0.354. The molecular weight excluding hydrogens is 324 g/mol. The minimum absolute atomic E-state index is 0.354. The van der Waals surface area contributed by atoms with E-state index in [0.717, 1.165) is 28.0 Å². The van der Waals surface area contributed by atoms with Crippen LogP contribution in [0.4, 0.5) is 0 Å². The van der Waals surface area contributed by atoms with E-state index in [2.05, 4.69) is 26.4 Å². The van der Waals surface area contributed by atoms with Crippen molar-refractivity contribution in [2.24, 2.45) is 0 Å². The second kappa shape index (κ2) is 7.42. The second-order valence-electron chi connectivity index (χ2n) is 4.26. The van der Waals surface area contributed by atoms with Crippen LogP contribution in [0.3, 0.4) is 0 Å². The van der Waals surface area contributed by atoms with Gasteiger partial charge in [-0.3, -0.25) is 0 Å². The molecule has 0 amide bonds. The highest BCUT2D eigenvalue weighted by Gasteiger charge is 2.10. The van der Waals surface area contributed by atoms with E-state index < -0.39 is 0 Å². The van der Waals surface area contributed by atoms with Gasteiger partial charge in [0.05, 0.1) is 4.47 Å². The molecule has 1 heterocycles. The van der Waals surface area contributed by atoms with Crippen LogP contribution in [0.2, 0.25) is 0 Å². The number of benzene rings is 1. The van der Waals surface area contributed by atoms with Crippen LogP contribution in [0, 0.1) is 0 Å². The van der Waals surface area contributed by atoms with Crippen molar-refractivity contribution >= 4 is 15.9 Å². The third-order valence-corrected chi connectivity index (χ3v) is 3.30. The van der Waals surface area contributed by atoms with Gasteiger partial charge in [0.25, 0.3) is 0 Å². The van der Waals surface area contributed by atoms with E-state index in [-0.39, 0.29) is 0 Å². The van der Waals surface area contributed by atoms with Crippen LogP contribution in [0.25, 0.3) is 0 Å². The molecule has 20 heavy (non-hydrogen) atoms. The summed E-state index contributed by atoms with van der Waals surface area (Å²) < 4.78 is 16.9. The first-order valence-electron chi connectivity index (χ1n) is 6.22. The Kier molecular flexibility index (Phi) is 5.58. The molecule has 0 bridgehead atoms. The average molecular weight is 341 g/mol. The molecule has 108 valence electrons. The largest absolute Gasteiger partial charge is 0.486 e. The van der Waals surface area contributed by atoms with Crippen molar-refractivity contribution < 1.29 is 14.0 Å². The molecule has 0 spiro atoms. The smallest absolute Gasteiger partial charge is 0.162 e. The fraction of sp³-hybridized carbons (Fsp3) is 0.357. The van der Waals surface area contributed by atoms with Gasteiger partial charge in [-0.1, -0.05) is 17.3 Å². The number of methoxy groups -OCH3 is 1. The predicted molar refractivity (Wildman–Crippen MR) is 78.5 cm³/mol. The van der Waals surface area contributed by atoms with Gasteiger partial charge in [0.2, 0.25) is 0 Å². The van der Waals surface area contributed by atoms with Gasteiger partial charge in [-0.25, -0.2) is 0 Å². The quantitative estimate of drug-likeness (QED) is 0.839. The monoisotopic (exact) mass is 340 g/mol. The Morgan fingerprint density at radius 3 is 2.95 bits per heavy atom. The molecule has 0 radical (unpaired) electrons. The summed E-state index contributed by atoms with van der Waals surface area (Å²) >= 11 is 3.50. The molecule has 0 atom stereocenters. The van der Waals surface area contributed by atoms with Crippen LogP contribution in [0.5, 0.6) is 5.75 Å². The summed E-state index contributed by atoms with van der Waals surface area (Å²) in [5.41, 5.74) is 1.82. The molecule has 5 nitrogen and oxygen atoms in total. The number of aromatic nitrogens is 1. The summed E-state index contributed by atoms with van der Waals surface area (Å²) in [7, 11) is 3.52. The number of para-hydroxylation sites is 1. The van der Waals surface area contributed by atoms with Gasteiger partial charge in [0.1, 0.15) is 24.7 Å². The number of ether oxygens (including phenoxy) is 2. The van der Waals surface area contributed by atoms with Gasteiger partial charge < -0.3 is 19.3 Å². The highest BCUT2D eigenvalue weighted by atomic mass is 79.9. The van der Waals surface area contributed by atoms with Gasteiger partial charge in [-0.05, 0) is 29.0 Å². The minimum Gasteiger partial charge on any atom is -0.486 e. The zero-order valence-electron chi connectivity index (χ0n) is 11.5. The lowest BCUT2D eigenvalue weighted by Crippen LogP contribution is -2.08. The first-order valence-corrected chi connectivity index (χ1v) is 7.02. The summed E-state index contributed by atoms with van der Waals surface area (Å²) in [5, 5.41) is 7.06. The Morgan fingerprint density at radius 1 is 1.35 bits per heavy atom. The van der Waals surface area contributed by atoms with Crippen LogP contribution >= 0.6 is 15.9 Å². The molecule has 1 aromatic heterocycles. The molecular formula is C14H17BrN2O3. The molecule has 6 heteroatoms. The average Bonchev–Trinajstić information content (AvgIpc) is 2.87. The van der Waals surface area contributed by atoms with Crippen LogP contribution in [-0.4, -0.2) is 19.3 Å². The summed E-state index contributed by atoms with van der Waals surface area (Å²) in [6, 6.07) is 7.79. The molecule has 2 aromatic rings. The van der Waals surface area contributed by atoms with E-state index >= 15 is 0 Å². The summed E-state index contributed by atoms with van der Waals surface area (Å²) in [6.07, 6.45) is 0. The molecule has 0 aliphatic heterocycles. The third kappa shape index (κ3) is 3.82. The number of hydrogen-bond donors (Lipinski definition) is 1. The molecule has 0 saturated carbocycles. The van der Waals surface area contributed by atoms with Crippen molar-refractivity contribution in [1.82, 2.24) is 10.5 Å². The van der Waals surface area contributed by atoms with Crippen LogP contribution in [-0.2, 0) is 24.5 Å². The van der Waals surface area contributed by atoms with Crippen molar-refractivity contribution in [3.05, 3.63) is 45.8 Å². The van der Waals surface area contributed by atoms with Gasteiger partial charge in [0.15, 0.2) is 5.76 Å². The molecule has 2 rings (SSSR count). The number of hydrogen-bond acceptors (Lipinski definition) is 5. The highest BCUT2D eigenvalue weighted by molar-refractivity contribution is 9.10. The standard InChI is InChI=1S/C14H17BrN2O3/c1-16-7-10-4-3-5-13(15)14(10)19-8-11-6-12(9-18-2)20-17-11/h3-6,16H,7-9H2,1-2H3. The first-order chi connectivity index (χ1) is 9.74. The molecule has 0 saturated heterocycles. The summed E-state index contributed by atoms with van der Waals surface area (Å²) in [4.78, 5) is 0. The van der Waals surface area contributed by atoms with Crippen molar-refractivity contribution in [3.63, 3.8) is 0 Å². The zero-order chi connectivity index (χ0) is 14.4. The molecule has 0 aliphatic rings. The Bertz CT molecular complexity index is 557. The van der Waals surface area contributed by atoms with E-state index in [1.54, 1.807) is 7.11 Å². The topological polar surface area (TPSA) is 56.5 Å². The van der Waals surface area contributed by atoms with E-state index in [1.165, 1.54) is 0 Å². The Balaban J connectivity index is 2.05. The molecule has 0 aliphatic carbocycles. The summed E-state index contributed by atoms with van der Waals surface area (Å²) in [5.74, 6) is 1.51. The van der Waals surface area contributed by atoms with Gasteiger partial charge in [-0.2, -0.15) is 0 Å².